The zero-order chi connectivity index (χ0) is 16.7. The summed E-state index contributed by atoms with van der Waals surface area (Å²) in [6, 6.07) is 6.38. The Kier molecular flexibility index (Phi) is 6.51. The molecular formula is C17H21FN2O3. The first kappa shape index (κ1) is 17.4. The van der Waals surface area contributed by atoms with Gasteiger partial charge in [-0.3, -0.25) is 9.69 Å². The normalized spacial score (nSPS) is 17.2. The summed E-state index contributed by atoms with van der Waals surface area (Å²) < 4.78 is 24.4. The first-order valence-corrected chi connectivity index (χ1v) is 7.71. The Hall–Kier alpha value is -1.97. The van der Waals surface area contributed by atoms with E-state index in [0.29, 0.717) is 30.8 Å². The second kappa shape index (κ2) is 8.61. The lowest BCUT2D eigenvalue weighted by Gasteiger charge is -2.25. The van der Waals surface area contributed by atoms with Crippen molar-refractivity contribution in [2.24, 2.45) is 0 Å². The SMILES string of the molecule is COC(=O)CCN(Cc1ccc(C#N)cc1F)CC1CCCO1. The Bertz CT molecular complexity index is 580. The lowest BCUT2D eigenvalue weighted by atomic mass is 10.1. The summed E-state index contributed by atoms with van der Waals surface area (Å²) in [4.78, 5) is 13.4. The molecule has 1 atom stereocenters. The minimum atomic E-state index is -0.403. The van der Waals surface area contributed by atoms with Crippen LogP contribution >= 0.6 is 0 Å². The van der Waals surface area contributed by atoms with Gasteiger partial charge in [0.05, 0.1) is 31.3 Å². The van der Waals surface area contributed by atoms with Gasteiger partial charge >= 0.3 is 5.97 Å². The Balaban J connectivity index is 2.03. The van der Waals surface area contributed by atoms with Crippen LogP contribution in [0.2, 0.25) is 0 Å². The van der Waals surface area contributed by atoms with Gasteiger partial charge in [-0.15, -0.1) is 0 Å². The molecule has 0 bridgehead atoms. The van der Waals surface area contributed by atoms with Crippen molar-refractivity contribution < 1.29 is 18.7 Å². The Morgan fingerprint density at radius 2 is 2.39 bits per heavy atom. The van der Waals surface area contributed by atoms with Crippen LogP contribution in [0.5, 0.6) is 0 Å². The van der Waals surface area contributed by atoms with Gasteiger partial charge in [0.15, 0.2) is 0 Å². The summed E-state index contributed by atoms with van der Waals surface area (Å²) in [6.07, 6.45) is 2.38. The monoisotopic (exact) mass is 320 g/mol. The van der Waals surface area contributed by atoms with Crippen molar-refractivity contribution in [3.05, 3.63) is 35.1 Å². The first-order chi connectivity index (χ1) is 11.1. The van der Waals surface area contributed by atoms with Crippen LogP contribution in [0.1, 0.15) is 30.4 Å². The molecule has 1 unspecified atom stereocenters. The number of carbonyl (C=O) groups excluding carboxylic acids is 1. The fourth-order valence-electron chi connectivity index (χ4n) is 2.65. The highest BCUT2D eigenvalue weighted by atomic mass is 19.1. The topological polar surface area (TPSA) is 62.6 Å². The fourth-order valence-corrected chi connectivity index (χ4v) is 2.65. The summed E-state index contributed by atoms with van der Waals surface area (Å²) in [5.74, 6) is -0.693. The van der Waals surface area contributed by atoms with Gasteiger partial charge in [0.1, 0.15) is 5.82 Å². The third-order valence-corrected chi connectivity index (χ3v) is 3.92. The van der Waals surface area contributed by atoms with Gasteiger partial charge in [0, 0.05) is 31.8 Å². The van der Waals surface area contributed by atoms with Gasteiger partial charge in [-0.25, -0.2) is 4.39 Å². The number of benzene rings is 1. The Labute approximate surface area is 135 Å². The second-order valence-corrected chi connectivity index (χ2v) is 5.61. The molecule has 0 saturated carbocycles. The molecule has 0 spiro atoms. The lowest BCUT2D eigenvalue weighted by Crippen LogP contribution is -2.34. The molecule has 0 amide bonds. The number of halogens is 1. The average molecular weight is 320 g/mol. The predicted octanol–water partition coefficient (Wildman–Crippen LogP) is 2.24. The van der Waals surface area contributed by atoms with Gasteiger partial charge in [-0.1, -0.05) is 6.07 Å². The van der Waals surface area contributed by atoms with Crippen LogP contribution in [0.25, 0.3) is 0 Å². The zero-order valence-corrected chi connectivity index (χ0v) is 13.3. The summed E-state index contributed by atoms with van der Waals surface area (Å²) in [7, 11) is 1.35. The van der Waals surface area contributed by atoms with E-state index >= 15 is 0 Å². The molecular weight excluding hydrogens is 299 g/mol. The highest BCUT2D eigenvalue weighted by molar-refractivity contribution is 5.69. The van der Waals surface area contributed by atoms with E-state index in [1.54, 1.807) is 12.1 Å². The van der Waals surface area contributed by atoms with Crippen molar-refractivity contribution in [3.63, 3.8) is 0 Å². The number of carbonyl (C=O) groups is 1. The van der Waals surface area contributed by atoms with Crippen LogP contribution in [0.15, 0.2) is 18.2 Å². The van der Waals surface area contributed by atoms with Gasteiger partial charge in [0.25, 0.3) is 0 Å². The highest BCUT2D eigenvalue weighted by Gasteiger charge is 2.21. The molecule has 23 heavy (non-hydrogen) atoms. The van der Waals surface area contributed by atoms with E-state index in [0.717, 1.165) is 19.4 Å². The van der Waals surface area contributed by atoms with E-state index in [2.05, 4.69) is 4.74 Å². The smallest absolute Gasteiger partial charge is 0.306 e. The number of esters is 1. The molecule has 5 nitrogen and oxygen atoms in total. The van der Waals surface area contributed by atoms with E-state index in [1.807, 2.05) is 11.0 Å². The van der Waals surface area contributed by atoms with Gasteiger partial charge < -0.3 is 9.47 Å². The van der Waals surface area contributed by atoms with Crippen molar-refractivity contribution in [1.82, 2.24) is 4.90 Å². The van der Waals surface area contributed by atoms with Crippen LogP contribution in [0, 0.1) is 17.1 Å². The molecule has 0 aromatic heterocycles. The minimum absolute atomic E-state index is 0.120. The van der Waals surface area contributed by atoms with Gasteiger partial charge in [-0.2, -0.15) is 5.26 Å². The maximum absolute atomic E-state index is 14.1. The van der Waals surface area contributed by atoms with Crippen LogP contribution in [-0.4, -0.2) is 43.8 Å². The summed E-state index contributed by atoms with van der Waals surface area (Å²) in [5, 5.41) is 8.80. The lowest BCUT2D eigenvalue weighted by molar-refractivity contribution is -0.141. The molecule has 1 aliphatic rings. The average Bonchev–Trinajstić information content (AvgIpc) is 3.06. The summed E-state index contributed by atoms with van der Waals surface area (Å²) in [6.45, 7) is 2.25. The number of methoxy groups -OCH3 is 1. The van der Waals surface area contributed by atoms with Crippen molar-refractivity contribution in [1.29, 1.82) is 5.26 Å². The third-order valence-electron chi connectivity index (χ3n) is 3.92. The van der Waals surface area contributed by atoms with Crippen molar-refractivity contribution >= 4 is 5.97 Å². The minimum Gasteiger partial charge on any atom is -0.469 e. The second-order valence-electron chi connectivity index (χ2n) is 5.61. The van der Waals surface area contributed by atoms with Crippen molar-refractivity contribution in [2.75, 3.05) is 26.8 Å². The molecule has 0 radical (unpaired) electrons. The largest absolute Gasteiger partial charge is 0.469 e. The number of hydrogen-bond acceptors (Lipinski definition) is 5. The first-order valence-electron chi connectivity index (χ1n) is 7.71. The van der Waals surface area contributed by atoms with Crippen LogP contribution < -0.4 is 0 Å². The molecule has 1 heterocycles. The molecule has 1 aromatic rings. The number of nitriles is 1. The highest BCUT2D eigenvalue weighted by Crippen LogP contribution is 2.17. The van der Waals surface area contributed by atoms with E-state index < -0.39 is 5.82 Å². The van der Waals surface area contributed by atoms with Crippen LogP contribution in [0.4, 0.5) is 4.39 Å². The molecule has 2 rings (SSSR count). The number of hydrogen-bond donors (Lipinski definition) is 0. The summed E-state index contributed by atoms with van der Waals surface area (Å²) >= 11 is 0. The fraction of sp³-hybridized carbons (Fsp3) is 0.529. The molecule has 1 aromatic carbocycles. The molecule has 0 N–H and O–H groups in total. The maximum atomic E-state index is 14.1. The van der Waals surface area contributed by atoms with E-state index in [1.165, 1.54) is 13.2 Å². The van der Waals surface area contributed by atoms with Crippen LogP contribution in [0.3, 0.4) is 0 Å². The van der Waals surface area contributed by atoms with Gasteiger partial charge in [0.2, 0.25) is 0 Å². The zero-order valence-electron chi connectivity index (χ0n) is 13.3. The van der Waals surface area contributed by atoms with Crippen LogP contribution in [-0.2, 0) is 20.8 Å². The molecule has 0 aliphatic carbocycles. The quantitative estimate of drug-likeness (QED) is 0.721. The molecule has 6 heteroatoms. The van der Waals surface area contributed by atoms with E-state index in [-0.39, 0.29) is 18.5 Å². The van der Waals surface area contributed by atoms with Crippen molar-refractivity contribution in [2.45, 2.75) is 31.9 Å². The maximum Gasteiger partial charge on any atom is 0.306 e. The van der Waals surface area contributed by atoms with E-state index in [9.17, 15) is 9.18 Å². The number of rotatable bonds is 7. The van der Waals surface area contributed by atoms with E-state index in [4.69, 9.17) is 10.00 Å². The Morgan fingerprint density at radius 3 is 3.00 bits per heavy atom. The van der Waals surface area contributed by atoms with Crippen molar-refractivity contribution in [3.8, 4) is 6.07 Å². The molecule has 124 valence electrons. The molecule has 1 saturated heterocycles. The molecule has 1 aliphatic heterocycles. The number of nitrogens with zero attached hydrogens (tertiary/aromatic N) is 2. The third kappa shape index (κ3) is 5.31. The Morgan fingerprint density at radius 1 is 1.57 bits per heavy atom. The number of ether oxygens (including phenoxy) is 2. The predicted molar refractivity (Wildman–Crippen MR) is 82.0 cm³/mol. The molecule has 1 fully saturated rings. The van der Waals surface area contributed by atoms with Gasteiger partial charge in [-0.05, 0) is 25.0 Å². The standard InChI is InChI=1S/C17H21FN2O3/c1-22-17(21)6-7-20(12-15-3-2-8-23-15)11-14-5-4-13(10-19)9-16(14)18/h4-5,9,15H,2-3,6-8,11-12H2,1H3. The summed E-state index contributed by atoms with van der Waals surface area (Å²) in [5.41, 5.74) is 0.804.